The van der Waals surface area contributed by atoms with E-state index in [4.69, 9.17) is 23.9 Å². The first-order chi connectivity index (χ1) is 43.1. The average Bonchev–Trinajstić information content (AvgIpc) is 1.69. The number of amidine groups is 1. The molecule has 1 saturated heterocycles. The number of esters is 2. The molecule has 2 amide bonds. The smallest absolute Gasteiger partial charge is 0.434 e. The van der Waals surface area contributed by atoms with Gasteiger partial charge in [-0.25, -0.2) is 14.4 Å². The molecule has 0 aromatic heterocycles. The van der Waals surface area contributed by atoms with Crippen molar-refractivity contribution in [2.45, 2.75) is 148 Å². The summed E-state index contributed by atoms with van der Waals surface area (Å²) < 4.78 is 21.1. The van der Waals surface area contributed by atoms with E-state index in [-0.39, 0.29) is 31.2 Å². The van der Waals surface area contributed by atoms with Crippen molar-refractivity contribution in [3.63, 3.8) is 0 Å². The molecule has 0 spiro atoms. The first-order valence-electron chi connectivity index (χ1n) is 30.7. The molecule has 2 unspecified atom stereocenters. The van der Waals surface area contributed by atoms with Gasteiger partial charge < -0.3 is 34.3 Å². The molecule has 5 atom stereocenters. The first-order valence-corrected chi connectivity index (χ1v) is 30.7. The number of aliphatic hydroxyl groups excluding tert-OH is 1. The maximum Gasteiger partial charge on any atom is 0.434 e. The molecule has 1 heterocycles. The second kappa shape index (κ2) is 32.9. The number of fused-ring (bicyclic) bond motifs is 3. The summed E-state index contributed by atoms with van der Waals surface area (Å²) in [5, 5.41) is 12.7. The fourth-order valence-electron chi connectivity index (χ4n) is 10.1. The maximum absolute atomic E-state index is 12.5. The minimum absolute atomic E-state index is 0.0370. The molecular formula is C76H90N6O9. The van der Waals surface area contributed by atoms with E-state index in [1.807, 2.05) is 145 Å². The topological polar surface area (TPSA) is 190 Å². The van der Waals surface area contributed by atoms with Crippen LogP contribution in [0.15, 0.2) is 220 Å². The predicted octanol–water partition coefficient (Wildman–Crippen LogP) is 15.4. The Morgan fingerprint density at radius 1 is 0.582 bits per heavy atom. The lowest BCUT2D eigenvalue weighted by molar-refractivity contribution is -0.157. The summed E-state index contributed by atoms with van der Waals surface area (Å²) in [5.41, 5.74) is 8.48. The highest BCUT2D eigenvalue weighted by molar-refractivity contribution is 6.24. The molecule has 7 aromatic rings. The Balaban J connectivity index is 0.000000198. The Bertz CT molecular complexity index is 3500. The van der Waals surface area contributed by atoms with Crippen molar-refractivity contribution in [2.24, 2.45) is 20.0 Å². The largest absolute Gasteiger partial charge is 0.459 e. The van der Waals surface area contributed by atoms with Gasteiger partial charge in [0.15, 0.2) is 6.04 Å². The normalized spacial score (nSPS) is 15.7. The van der Waals surface area contributed by atoms with Crippen LogP contribution in [0.4, 0.5) is 9.59 Å². The van der Waals surface area contributed by atoms with Crippen LogP contribution in [0.2, 0.25) is 0 Å². The highest BCUT2D eigenvalue weighted by Crippen LogP contribution is 2.44. The summed E-state index contributed by atoms with van der Waals surface area (Å²) in [4.78, 5) is 67.3. The van der Waals surface area contributed by atoms with Gasteiger partial charge in [-0.1, -0.05) is 200 Å². The van der Waals surface area contributed by atoms with E-state index in [1.54, 1.807) is 53.7 Å². The zero-order valence-electron chi connectivity index (χ0n) is 55.0. The van der Waals surface area contributed by atoms with Crippen LogP contribution in [0.25, 0.3) is 11.1 Å². The number of likely N-dealkylation sites (tertiary alicyclic amines) is 1. The number of nitrogens with zero attached hydrogens (tertiary/aromatic N) is 5. The van der Waals surface area contributed by atoms with Gasteiger partial charge >= 0.3 is 24.1 Å². The quantitative estimate of drug-likeness (QED) is 0.0602. The van der Waals surface area contributed by atoms with E-state index >= 15 is 0 Å². The first kappa shape index (κ1) is 70.7. The highest BCUT2D eigenvalue weighted by atomic mass is 16.6. The van der Waals surface area contributed by atoms with Crippen LogP contribution < -0.4 is 5.32 Å². The second-order valence-corrected chi connectivity index (χ2v) is 25.9. The highest BCUT2D eigenvalue weighted by Gasteiger charge is 2.39. The molecule has 1 aliphatic heterocycles. The number of likely N-dealkylation sites (N-methyl/N-ethyl adjacent to an activating group) is 1. The number of carbonyl (C=O) groups is 4. The Morgan fingerprint density at radius 2 is 1.03 bits per heavy atom. The molecule has 7 aromatic carbocycles. The van der Waals surface area contributed by atoms with Crippen LogP contribution >= 0.6 is 0 Å². The number of alkyl carbamates (subject to hydrolysis) is 1. The molecule has 2 N–H and O–H groups in total. The Hall–Kier alpha value is -9.34. The number of nitrogens with one attached hydrogen (secondary N) is 1. The average molecular weight is 1230 g/mol. The third-order valence-corrected chi connectivity index (χ3v) is 13.8. The number of hydrogen-bond donors (Lipinski definition) is 2. The number of aliphatic hydroxyl groups is 1. The molecule has 0 bridgehead atoms. The molecule has 1 aliphatic carbocycles. The van der Waals surface area contributed by atoms with E-state index in [0.717, 1.165) is 41.1 Å². The van der Waals surface area contributed by atoms with Gasteiger partial charge in [0.2, 0.25) is 0 Å². The summed E-state index contributed by atoms with van der Waals surface area (Å²) in [6.07, 6.45) is 1.92. The van der Waals surface area contributed by atoms with Crippen molar-refractivity contribution in [3.05, 3.63) is 239 Å². The summed E-state index contributed by atoms with van der Waals surface area (Å²) >= 11 is 0. The van der Waals surface area contributed by atoms with Crippen LogP contribution in [0.3, 0.4) is 0 Å². The van der Waals surface area contributed by atoms with Gasteiger partial charge in [0, 0.05) is 36.7 Å². The van der Waals surface area contributed by atoms with Gasteiger partial charge in [0.1, 0.15) is 34.8 Å². The molecule has 15 heteroatoms. The molecular weight excluding hydrogens is 1140 g/mol. The lowest BCUT2D eigenvalue weighted by atomic mass is 9.87. The van der Waals surface area contributed by atoms with E-state index in [2.05, 4.69) is 124 Å². The van der Waals surface area contributed by atoms with E-state index in [9.17, 15) is 24.3 Å². The molecule has 91 heavy (non-hydrogen) atoms. The molecule has 0 saturated carbocycles. The summed E-state index contributed by atoms with van der Waals surface area (Å²) in [5.74, 6) is 0.551. The molecule has 9 rings (SSSR count). The third kappa shape index (κ3) is 23.2. The molecule has 478 valence electrons. The van der Waals surface area contributed by atoms with Crippen molar-refractivity contribution in [1.82, 2.24) is 10.2 Å². The van der Waals surface area contributed by atoms with Gasteiger partial charge in [-0.05, 0) is 135 Å². The number of ether oxygens (including phenoxy) is 4. The summed E-state index contributed by atoms with van der Waals surface area (Å²) in [7, 11) is 2.14. The minimum atomic E-state index is -0.992. The van der Waals surface area contributed by atoms with Crippen LogP contribution in [-0.2, 0) is 35.0 Å². The molecule has 0 radical (unpaired) electrons. The molecule has 1 fully saturated rings. The summed E-state index contributed by atoms with van der Waals surface area (Å²) in [6.45, 7) is 25.2. The van der Waals surface area contributed by atoms with Crippen LogP contribution in [0.5, 0.6) is 0 Å². The number of hydrogen-bond acceptors (Lipinski definition) is 12. The van der Waals surface area contributed by atoms with E-state index in [1.165, 1.54) is 34.0 Å². The van der Waals surface area contributed by atoms with Crippen LogP contribution in [0.1, 0.15) is 146 Å². The van der Waals surface area contributed by atoms with Gasteiger partial charge in [-0.15, -0.1) is 0 Å². The second-order valence-electron chi connectivity index (χ2n) is 25.9. The summed E-state index contributed by atoms with van der Waals surface area (Å²) in [6, 6.07) is 64.8. The van der Waals surface area contributed by atoms with Gasteiger partial charge in [-0.3, -0.25) is 19.8 Å². The molecule has 2 aliphatic rings. The minimum Gasteiger partial charge on any atom is -0.459 e. The molecule has 15 nitrogen and oxygen atoms in total. The number of benzene rings is 7. The van der Waals surface area contributed by atoms with Gasteiger partial charge in [0.25, 0.3) is 0 Å². The Labute approximate surface area is 538 Å². The maximum atomic E-state index is 12.5. The fraction of sp³-hybridized carbons (Fsp3) is 0.342. The van der Waals surface area contributed by atoms with Gasteiger partial charge in [0.05, 0.1) is 30.4 Å². The van der Waals surface area contributed by atoms with Crippen molar-refractivity contribution in [2.75, 3.05) is 20.2 Å². The zero-order chi connectivity index (χ0) is 66.4. The van der Waals surface area contributed by atoms with E-state index < -0.39 is 52.6 Å². The van der Waals surface area contributed by atoms with Crippen LogP contribution in [-0.4, -0.2) is 113 Å². The SMILES string of the molecule is C=NC(C(=O)OC(C)(C)C)C(NC(=O)OC(C)(C)C)c1ccccc1.CC(C)(C)OC(=O)CN=C1c2ccccc2-c2ccccc21.CC(C)(C)OC(=O)N=Cc1ccccc1.CN1C(=N[C@H](CO)Cc2ccccc2)C[C@@H](c2ccccc2)[C@@H]1c1ccccc1. The lowest BCUT2D eigenvalue weighted by Crippen LogP contribution is -2.43. The van der Waals surface area contributed by atoms with Gasteiger partial charge in [-0.2, -0.15) is 4.99 Å². The number of carbonyl (C=O) groups excluding carboxylic acids is 4. The van der Waals surface area contributed by atoms with Crippen molar-refractivity contribution < 1.29 is 43.2 Å². The zero-order valence-corrected chi connectivity index (χ0v) is 55.0. The standard InChI is InChI=1S/C26H28N2O.C19H28N2O4.C19H19NO2.C12H15NO2/c1-28-25(27-23(19-29)17-20-11-5-2-6-12-20)18-24(21-13-7-3-8-14-21)26(28)22-15-9-4-10-16-22;1-18(2,3)24-16(22)15(20-7)14(13-11-9-8-10-12-13)21-17(23)25-19(4,5)6;1-19(2,3)22-17(21)12-20-18-15-10-6-4-8-13(15)14-9-5-7-11-16(14)18;1-12(2,3)15-11(14)13-9-10-7-5-4-6-8-10/h2-16,23-24,26,29H,17-19H2,1H3;8-12,14-15H,7H2,1-6H3,(H,21,23);4-11H,12H2,1-3H3;4-9H,1-3H3/t23-,24-,26-;;;/m0.../s1. The number of rotatable bonds is 14. The number of aliphatic imine (C=N–C) groups is 4. The monoisotopic (exact) mass is 1230 g/mol. The van der Waals surface area contributed by atoms with Crippen molar-refractivity contribution in [3.8, 4) is 11.1 Å². The number of amides is 2. The fourth-order valence-corrected chi connectivity index (χ4v) is 10.1. The predicted molar refractivity (Wildman–Crippen MR) is 365 cm³/mol. The third-order valence-electron chi connectivity index (χ3n) is 13.8. The van der Waals surface area contributed by atoms with E-state index in [0.29, 0.717) is 11.5 Å². The Kier molecular flexibility index (Phi) is 25.6. The van der Waals surface area contributed by atoms with Crippen molar-refractivity contribution in [1.29, 1.82) is 0 Å². The lowest BCUT2D eigenvalue weighted by Gasteiger charge is -2.28. The van der Waals surface area contributed by atoms with Crippen molar-refractivity contribution >= 4 is 48.6 Å². The Morgan fingerprint density at radius 3 is 1.52 bits per heavy atom. The van der Waals surface area contributed by atoms with Crippen LogP contribution in [0, 0.1) is 0 Å².